The molecule has 1 amide bonds. The van der Waals surface area contributed by atoms with E-state index in [0.717, 1.165) is 16.7 Å². The van der Waals surface area contributed by atoms with Crippen LogP contribution in [0.3, 0.4) is 0 Å². The maximum absolute atomic E-state index is 12.5. The number of nitrogens with zero attached hydrogens (tertiary/aromatic N) is 1. The van der Waals surface area contributed by atoms with Crippen LogP contribution in [0.1, 0.15) is 27.3 Å². The summed E-state index contributed by atoms with van der Waals surface area (Å²) in [4.78, 5) is 54.8. The average Bonchev–Trinajstić information content (AvgIpc) is 2.79. The third kappa shape index (κ3) is 3.87. The van der Waals surface area contributed by atoms with Crippen LogP contribution in [0.15, 0.2) is 56.8 Å². The molecule has 4 aromatic rings. The number of aryl methyl sites for hydroxylation is 1. The van der Waals surface area contributed by atoms with Crippen molar-refractivity contribution in [1.82, 2.24) is 15.3 Å². The van der Waals surface area contributed by atoms with Crippen LogP contribution in [-0.2, 0) is 13.1 Å². The highest BCUT2D eigenvalue weighted by atomic mass is 16.2. The standard InChI is InChI=1S/C23H21N5O4/c1-12-5-3-8-15-16(12)22(31)28-21(27-15)23(32)26-11-14-7-4-6-13(9-14)10-25-18-17(24-2)19(29)20(18)30/h3-9,24-25H,10-11H2,1-2H3,(H,26,32)(H,27,28,31). The quantitative estimate of drug-likeness (QED) is 0.325. The molecule has 4 N–H and O–H groups in total. The summed E-state index contributed by atoms with van der Waals surface area (Å²) in [6.07, 6.45) is 0. The van der Waals surface area contributed by atoms with Gasteiger partial charge in [-0.25, -0.2) is 4.98 Å². The number of rotatable bonds is 7. The molecular formula is C23H21N5O4. The molecular weight excluding hydrogens is 410 g/mol. The summed E-state index contributed by atoms with van der Waals surface area (Å²) in [6, 6.07) is 12.7. The Morgan fingerprint density at radius 1 is 0.969 bits per heavy atom. The summed E-state index contributed by atoms with van der Waals surface area (Å²) in [5.74, 6) is -0.540. The van der Waals surface area contributed by atoms with E-state index in [1.807, 2.05) is 37.3 Å². The lowest BCUT2D eigenvalue weighted by atomic mass is 10.1. The highest BCUT2D eigenvalue weighted by Gasteiger charge is 2.19. The molecule has 0 bridgehead atoms. The largest absolute Gasteiger partial charge is 0.383 e. The van der Waals surface area contributed by atoms with Gasteiger partial charge in [-0.15, -0.1) is 0 Å². The molecule has 4 rings (SSSR count). The number of carbonyl (C=O) groups is 1. The molecule has 0 spiro atoms. The molecule has 3 aromatic carbocycles. The first-order valence-electron chi connectivity index (χ1n) is 9.99. The third-order valence-corrected chi connectivity index (χ3v) is 5.23. The number of hydrogen-bond acceptors (Lipinski definition) is 7. The first-order chi connectivity index (χ1) is 15.4. The van der Waals surface area contributed by atoms with Crippen LogP contribution in [0.5, 0.6) is 0 Å². The van der Waals surface area contributed by atoms with E-state index in [4.69, 9.17) is 0 Å². The molecule has 1 aromatic heterocycles. The molecule has 9 nitrogen and oxygen atoms in total. The highest BCUT2D eigenvalue weighted by molar-refractivity contribution is 5.93. The summed E-state index contributed by atoms with van der Waals surface area (Å²) in [5, 5.41) is 8.91. The summed E-state index contributed by atoms with van der Waals surface area (Å²) in [6.45, 7) is 2.39. The highest BCUT2D eigenvalue weighted by Crippen LogP contribution is 2.15. The van der Waals surface area contributed by atoms with Crippen molar-refractivity contribution in [2.45, 2.75) is 20.0 Å². The minimum Gasteiger partial charge on any atom is -0.383 e. The van der Waals surface area contributed by atoms with Crippen molar-refractivity contribution in [2.24, 2.45) is 0 Å². The van der Waals surface area contributed by atoms with Crippen molar-refractivity contribution in [1.29, 1.82) is 0 Å². The molecule has 9 heteroatoms. The van der Waals surface area contributed by atoms with Crippen molar-refractivity contribution >= 4 is 28.2 Å². The van der Waals surface area contributed by atoms with Gasteiger partial charge >= 0.3 is 0 Å². The second kappa shape index (κ2) is 8.46. The van der Waals surface area contributed by atoms with Crippen molar-refractivity contribution in [3.63, 3.8) is 0 Å². The fourth-order valence-corrected chi connectivity index (χ4v) is 3.57. The molecule has 0 aliphatic heterocycles. The first kappa shape index (κ1) is 21.0. The normalized spacial score (nSPS) is 10.9. The lowest BCUT2D eigenvalue weighted by molar-refractivity contribution is 0.0940. The average molecular weight is 431 g/mol. The molecule has 162 valence electrons. The Bertz CT molecular complexity index is 1460. The lowest BCUT2D eigenvalue weighted by Crippen LogP contribution is -2.36. The van der Waals surface area contributed by atoms with E-state index in [2.05, 4.69) is 25.9 Å². The van der Waals surface area contributed by atoms with E-state index in [-0.39, 0.29) is 29.3 Å². The van der Waals surface area contributed by atoms with E-state index >= 15 is 0 Å². The van der Waals surface area contributed by atoms with Crippen LogP contribution >= 0.6 is 0 Å². The topological polar surface area (TPSA) is 133 Å². The molecule has 0 unspecified atom stereocenters. The molecule has 0 fully saturated rings. The Labute approximate surface area is 182 Å². The Morgan fingerprint density at radius 3 is 2.41 bits per heavy atom. The van der Waals surface area contributed by atoms with Crippen LogP contribution in [0.25, 0.3) is 10.9 Å². The van der Waals surface area contributed by atoms with Gasteiger partial charge in [-0.3, -0.25) is 19.2 Å². The Kier molecular flexibility index (Phi) is 5.55. The second-order valence-corrected chi connectivity index (χ2v) is 7.40. The maximum atomic E-state index is 12.5. The zero-order valence-electron chi connectivity index (χ0n) is 17.5. The second-order valence-electron chi connectivity index (χ2n) is 7.40. The van der Waals surface area contributed by atoms with Crippen molar-refractivity contribution in [3.8, 4) is 0 Å². The van der Waals surface area contributed by atoms with Gasteiger partial charge in [0.2, 0.25) is 0 Å². The van der Waals surface area contributed by atoms with Crippen LogP contribution in [0.2, 0.25) is 0 Å². The van der Waals surface area contributed by atoms with E-state index < -0.39 is 16.8 Å². The molecule has 0 saturated heterocycles. The molecule has 32 heavy (non-hydrogen) atoms. The van der Waals surface area contributed by atoms with Crippen LogP contribution in [-0.4, -0.2) is 22.9 Å². The van der Waals surface area contributed by atoms with Gasteiger partial charge < -0.3 is 20.9 Å². The minimum atomic E-state index is -0.537. The van der Waals surface area contributed by atoms with Crippen LogP contribution < -0.4 is 32.4 Å². The summed E-state index contributed by atoms with van der Waals surface area (Å²) in [7, 11) is 1.59. The number of hydrogen-bond donors (Lipinski definition) is 4. The number of aromatic amines is 1. The van der Waals surface area contributed by atoms with Crippen molar-refractivity contribution in [3.05, 3.63) is 95.8 Å². The predicted octanol–water partition coefficient (Wildman–Crippen LogP) is 1.41. The number of aromatic nitrogens is 2. The fourth-order valence-electron chi connectivity index (χ4n) is 3.57. The lowest BCUT2D eigenvalue weighted by Gasteiger charge is -2.13. The van der Waals surface area contributed by atoms with E-state index in [1.165, 1.54) is 0 Å². The van der Waals surface area contributed by atoms with Crippen molar-refractivity contribution < 1.29 is 4.79 Å². The van der Waals surface area contributed by atoms with Gasteiger partial charge in [0.25, 0.3) is 22.3 Å². The van der Waals surface area contributed by atoms with Gasteiger partial charge in [-0.2, -0.15) is 0 Å². The number of fused-ring (bicyclic) bond motifs is 1. The summed E-state index contributed by atoms with van der Waals surface area (Å²) < 4.78 is 0. The predicted molar refractivity (Wildman–Crippen MR) is 123 cm³/mol. The number of carbonyl (C=O) groups excluding carboxylic acids is 1. The zero-order chi connectivity index (χ0) is 22.8. The van der Waals surface area contributed by atoms with Gasteiger partial charge in [0.05, 0.1) is 10.9 Å². The maximum Gasteiger partial charge on any atom is 0.287 e. The smallest absolute Gasteiger partial charge is 0.287 e. The van der Waals surface area contributed by atoms with E-state index in [0.29, 0.717) is 17.4 Å². The summed E-state index contributed by atoms with van der Waals surface area (Å²) >= 11 is 0. The van der Waals surface area contributed by atoms with Gasteiger partial charge in [0.15, 0.2) is 5.82 Å². The Morgan fingerprint density at radius 2 is 1.66 bits per heavy atom. The van der Waals surface area contributed by atoms with E-state index in [1.54, 1.807) is 19.2 Å². The summed E-state index contributed by atoms with van der Waals surface area (Å²) in [5.41, 5.74) is 2.10. The van der Waals surface area contributed by atoms with Crippen LogP contribution in [0, 0.1) is 6.92 Å². The van der Waals surface area contributed by atoms with Gasteiger partial charge in [0.1, 0.15) is 11.4 Å². The monoisotopic (exact) mass is 431 g/mol. The Balaban J connectivity index is 1.43. The minimum absolute atomic E-state index is 0.0504. The number of nitrogens with one attached hydrogen (secondary N) is 4. The fraction of sp³-hybridized carbons (Fsp3) is 0.174. The van der Waals surface area contributed by atoms with E-state index in [9.17, 15) is 19.2 Å². The third-order valence-electron chi connectivity index (χ3n) is 5.23. The van der Waals surface area contributed by atoms with Crippen LogP contribution in [0.4, 0.5) is 11.4 Å². The number of benzene rings is 2. The molecule has 0 radical (unpaired) electrons. The molecule has 0 aliphatic carbocycles. The molecule has 0 aliphatic rings. The number of anilines is 2. The molecule has 0 saturated carbocycles. The first-order valence-corrected chi connectivity index (χ1v) is 9.99. The van der Waals surface area contributed by atoms with Gasteiger partial charge in [0, 0.05) is 20.1 Å². The van der Waals surface area contributed by atoms with Gasteiger partial charge in [-0.05, 0) is 29.7 Å². The Hall–Kier alpha value is -4.27. The number of amides is 1. The SMILES string of the molecule is CNc1c(NCc2cccc(CNC(=O)c3nc4cccc(C)c4c(=O)[nH]3)c2)c(=O)c1=O. The molecule has 1 heterocycles. The van der Waals surface area contributed by atoms with Gasteiger partial charge in [-0.1, -0.05) is 36.4 Å². The number of H-pyrrole nitrogens is 1. The molecule has 0 atom stereocenters. The van der Waals surface area contributed by atoms with Crippen molar-refractivity contribution in [2.75, 3.05) is 17.7 Å². The zero-order valence-corrected chi connectivity index (χ0v) is 17.5.